The highest BCUT2D eigenvalue weighted by Crippen LogP contribution is 2.20. The molecule has 26 heavy (non-hydrogen) atoms. The number of hydrogen-bond donors (Lipinski definition) is 1. The van der Waals surface area contributed by atoms with Crippen LogP contribution >= 0.6 is 34.2 Å². The first kappa shape index (κ1) is 18.8. The van der Waals surface area contributed by atoms with Gasteiger partial charge in [0.2, 0.25) is 5.91 Å². The summed E-state index contributed by atoms with van der Waals surface area (Å²) in [5, 5.41) is 11.5. The summed E-state index contributed by atoms with van der Waals surface area (Å²) in [7, 11) is 0. The molecule has 0 saturated heterocycles. The van der Waals surface area contributed by atoms with E-state index in [1.807, 2.05) is 6.92 Å². The van der Waals surface area contributed by atoms with Crippen LogP contribution in [0.15, 0.2) is 36.7 Å². The van der Waals surface area contributed by atoms with Gasteiger partial charge in [0.1, 0.15) is 5.82 Å². The molecule has 1 N–H and O–H groups in total. The zero-order chi connectivity index (χ0) is 18.7. The first-order valence-electron chi connectivity index (χ1n) is 7.88. The minimum atomic E-state index is -0.386. The minimum Gasteiger partial charge on any atom is -0.309 e. The number of carbonyl (C=O) groups is 1. The van der Waals surface area contributed by atoms with Gasteiger partial charge < -0.3 is 5.32 Å². The molecule has 0 bridgehead atoms. The average Bonchev–Trinajstić information content (AvgIpc) is 3.17. The fourth-order valence-electron chi connectivity index (χ4n) is 2.42. The summed E-state index contributed by atoms with van der Waals surface area (Å²) in [6.45, 7) is 2.64. The van der Waals surface area contributed by atoms with Crippen LogP contribution in [-0.2, 0) is 17.9 Å². The summed E-state index contributed by atoms with van der Waals surface area (Å²) in [6, 6.07) is 6.20. The molecule has 3 rings (SSSR count). The smallest absolute Gasteiger partial charge is 0.227 e. The standard InChI is InChI=1S/C17H16ClFIN5O/c1-11-15(20)9-21-25(11)8-6-17(26)22-16-5-7-24(23-16)10-12-13(18)3-2-4-14(12)19/h2-5,7,9H,6,8,10H2,1H3,(H,22,23,26). The summed E-state index contributed by atoms with van der Waals surface area (Å²) in [5.74, 6) is -0.138. The van der Waals surface area contributed by atoms with E-state index in [2.05, 4.69) is 38.1 Å². The Kier molecular flexibility index (Phi) is 5.92. The van der Waals surface area contributed by atoms with E-state index >= 15 is 0 Å². The number of halogens is 3. The maximum Gasteiger partial charge on any atom is 0.227 e. The molecule has 0 saturated carbocycles. The van der Waals surface area contributed by atoms with Crippen molar-refractivity contribution in [2.75, 3.05) is 5.32 Å². The third-order valence-electron chi connectivity index (χ3n) is 3.88. The molecule has 0 radical (unpaired) electrons. The molecule has 0 aliphatic carbocycles. The van der Waals surface area contributed by atoms with Gasteiger partial charge in [0.05, 0.1) is 22.9 Å². The Morgan fingerprint density at radius 1 is 1.38 bits per heavy atom. The van der Waals surface area contributed by atoms with E-state index < -0.39 is 0 Å². The maximum atomic E-state index is 13.8. The number of carbonyl (C=O) groups excluding carboxylic acids is 1. The van der Waals surface area contributed by atoms with E-state index in [1.165, 1.54) is 10.7 Å². The van der Waals surface area contributed by atoms with Crippen molar-refractivity contribution < 1.29 is 9.18 Å². The second kappa shape index (κ2) is 8.17. The topological polar surface area (TPSA) is 64.7 Å². The van der Waals surface area contributed by atoms with Crippen molar-refractivity contribution in [3.05, 3.63) is 62.3 Å². The van der Waals surface area contributed by atoms with Gasteiger partial charge >= 0.3 is 0 Å². The van der Waals surface area contributed by atoms with Crippen LogP contribution in [0.25, 0.3) is 0 Å². The summed E-state index contributed by atoms with van der Waals surface area (Å²) in [4.78, 5) is 12.1. The first-order valence-corrected chi connectivity index (χ1v) is 9.34. The maximum absolute atomic E-state index is 13.8. The SMILES string of the molecule is Cc1c(I)cnn1CCC(=O)Nc1ccn(Cc2c(F)cccc2Cl)n1. The van der Waals surface area contributed by atoms with Crippen molar-refractivity contribution in [2.24, 2.45) is 0 Å². The molecule has 0 unspecified atom stereocenters. The summed E-state index contributed by atoms with van der Waals surface area (Å²) < 4.78 is 18.2. The van der Waals surface area contributed by atoms with Gasteiger partial charge in [0.15, 0.2) is 5.82 Å². The van der Waals surface area contributed by atoms with Crippen LogP contribution in [0.3, 0.4) is 0 Å². The second-order valence-electron chi connectivity index (χ2n) is 5.70. The predicted octanol–water partition coefficient (Wildman–Crippen LogP) is 3.86. The zero-order valence-corrected chi connectivity index (χ0v) is 16.8. The van der Waals surface area contributed by atoms with Gasteiger partial charge in [-0.15, -0.1) is 0 Å². The largest absolute Gasteiger partial charge is 0.309 e. The molecule has 0 atom stereocenters. The van der Waals surface area contributed by atoms with Gasteiger partial charge in [-0.25, -0.2) is 4.39 Å². The molecule has 1 amide bonds. The lowest BCUT2D eigenvalue weighted by Gasteiger charge is -2.06. The molecule has 3 aromatic rings. The van der Waals surface area contributed by atoms with E-state index in [0.29, 0.717) is 22.9 Å². The average molecular weight is 488 g/mol. The summed E-state index contributed by atoms with van der Waals surface area (Å²) in [6.07, 6.45) is 3.71. The van der Waals surface area contributed by atoms with Crippen LogP contribution in [0, 0.1) is 16.3 Å². The Labute approximate surface area is 168 Å². The van der Waals surface area contributed by atoms with E-state index in [9.17, 15) is 9.18 Å². The summed E-state index contributed by atoms with van der Waals surface area (Å²) in [5.41, 5.74) is 1.39. The van der Waals surface area contributed by atoms with Crippen molar-refractivity contribution in [3.8, 4) is 0 Å². The minimum absolute atomic E-state index is 0.163. The molecule has 2 heterocycles. The predicted molar refractivity (Wildman–Crippen MR) is 106 cm³/mol. The molecule has 0 aliphatic rings. The molecule has 0 aliphatic heterocycles. The Morgan fingerprint density at radius 2 is 2.19 bits per heavy atom. The second-order valence-corrected chi connectivity index (χ2v) is 7.27. The van der Waals surface area contributed by atoms with Crippen molar-refractivity contribution in [2.45, 2.75) is 26.4 Å². The van der Waals surface area contributed by atoms with Crippen LogP contribution in [0.5, 0.6) is 0 Å². The van der Waals surface area contributed by atoms with Gasteiger partial charge in [-0.05, 0) is 41.6 Å². The highest BCUT2D eigenvalue weighted by Gasteiger charge is 2.11. The van der Waals surface area contributed by atoms with Crippen molar-refractivity contribution >= 4 is 45.9 Å². The molecule has 0 fully saturated rings. The Balaban J connectivity index is 1.58. The number of benzene rings is 1. The van der Waals surface area contributed by atoms with Crippen LogP contribution < -0.4 is 5.32 Å². The van der Waals surface area contributed by atoms with Crippen LogP contribution in [0.2, 0.25) is 5.02 Å². The highest BCUT2D eigenvalue weighted by atomic mass is 127. The van der Waals surface area contributed by atoms with Gasteiger partial charge in [-0.2, -0.15) is 10.2 Å². The molecule has 6 nitrogen and oxygen atoms in total. The molecule has 1 aromatic carbocycles. The number of nitrogens with zero attached hydrogens (tertiary/aromatic N) is 4. The summed E-state index contributed by atoms with van der Waals surface area (Å²) >= 11 is 8.23. The number of amides is 1. The van der Waals surface area contributed by atoms with Crippen LogP contribution in [0.4, 0.5) is 10.2 Å². The van der Waals surface area contributed by atoms with Crippen LogP contribution in [0.1, 0.15) is 17.7 Å². The van der Waals surface area contributed by atoms with E-state index in [0.717, 1.165) is 9.26 Å². The first-order chi connectivity index (χ1) is 12.4. The van der Waals surface area contributed by atoms with Crippen LogP contribution in [-0.4, -0.2) is 25.5 Å². The number of hydrogen-bond acceptors (Lipinski definition) is 3. The molecular formula is C17H16ClFIN5O. The third kappa shape index (κ3) is 4.42. The lowest BCUT2D eigenvalue weighted by atomic mass is 10.2. The lowest BCUT2D eigenvalue weighted by Crippen LogP contribution is -2.16. The molecule has 0 spiro atoms. The van der Waals surface area contributed by atoms with E-state index in [4.69, 9.17) is 11.6 Å². The fraction of sp³-hybridized carbons (Fsp3) is 0.235. The monoisotopic (exact) mass is 487 g/mol. The normalized spacial score (nSPS) is 10.9. The molecule has 2 aromatic heterocycles. The fourth-order valence-corrected chi connectivity index (χ4v) is 3.05. The van der Waals surface area contributed by atoms with Crippen molar-refractivity contribution in [3.63, 3.8) is 0 Å². The number of aryl methyl sites for hydroxylation is 1. The molecule has 136 valence electrons. The number of rotatable bonds is 6. The number of anilines is 1. The van der Waals surface area contributed by atoms with Gasteiger partial charge in [0, 0.05) is 35.0 Å². The molecule has 9 heteroatoms. The van der Waals surface area contributed by atoms with Gasteiger partial charge in [-0.1, -0.05) is 17.7 Å². The molecular weight excluding hydrogens is 472 g/mol. The lowest BCUT2D eigenvalue weighted by molar-refractivity contribution is -0.116. The van der Waals surface area contributed by atoms with Crippen molar-refractivity contribution in [1.82, 2.24) is 19.6 Å². The van der Waals surface area contributed by atoms with Gasteiger partial charge in [-0.3, -0.25) is 14.2 Å². The zero-order valence-electron chi connectivity index (χ0n) is 13.9. The third-order valence-corrected chi connectivity index (χ3v) is 5.30. The highest BCUT2D eigenvalue weighted by molar-refractivity contribution is 14.1. The number of aromatic nitrogens is 4. The Hall–Kier alpha value is -1.94. The van der Waals surface area contributed by atoms with Gasteiger partial charge in [0.25, 0.3) is 0 Å². The van der Waals surface area contributed by atoms with Crippen molar-refractivity contribution in [1.29, 1.82) is 0 Å². The van der Waals surface area contributed by atoms with E-state index in [-0.39, 0.29) is 24.7 Å². The van der Waals surface area contributed by atoms with E-state index in [1.54, 1.807) is 35.3 Å². The number of nitrogens with one attached hydrogen (secondary N) is 1. The Bertz CT molecular complexity index is 919. The quantitative estimate of drug-likeness (QED) is 0.537. The Morgan fingerprint density at radius 3 is 2.88 bits per heavy atom.